The second-order valence-electron chi connectivity index (χ2n) is 8.99. The number of hydrogen-bond donors (Lipinski definition) is 1. The van der Waals surface area contributed by atoms with Gasteiger partial charge in [0.25, 0.3) is 5.91 Å². The van der Waals surface area contributed by atoms with Crippen LogP contribution in [0.1, 0.15) is 38.2 Å². The molecule has 0 bridgehead atoms. The Balaban J connectivity index is 1.85. The van der Waals surface area contributed by atoms with Gasteiger partial charge in [-0.25, -0.2) is 0 Å². The summed E-state index contributed by atoms with van der Waals surface area (Å²) in [6, 6.07) is 10.2. The Morgan fingerprint density at radius 2 is 2.03 bits per heavy atom. The number of methoxy groups -OCH3 is 1. The minimum absolute atomic E-state index is 0.153. The van der Waals surface area contributed by atoms with Crippen molar-refractivity contribution >= 4 is 29.1 Å². The molecule has 168 valence electrons. The van der Waals surface area contributed by atoms with Crippen molar-refractivity contribution in [1.82, 2.24) is 15.1 Å². The fraction of sp³-hybridized carbons (Fsp3) is 0.348. The number of rotatable bonds is 4. The Labute approximate surface area is 191 Å². The van der Waals surface area contributed by atoms with Crippen LogP contribution in [0.2, 0.25) is 5.02 Å². The Hall–Kier alpha value is -3.26. The molecule has 0 spiro atoms. The van der Waals surface area contributed by atoms with Gasteiger partial charge in [0.1, 0.15) is 22.7 Å². The normalized spacial score (nSPS) is 18.4. The van der Waals surface area contributed by atoms with Gasteiger partial charge in [0.2, 0.25) is 5.91 Å². The van der Waals surface area contributed by atoms with E-state index in [4.69, 9.17) is 20.8 Å². The SMILES string of the molecule is COc1ccc(N2C(=O)c3cc(-c4ccco4)nn3C[C@@]2(C)C(=O)NC(C)(C)C)cc1Cl. The predicted molar refractivity (Wildman–Crippen MR) is 121 cm³/mol. The first-order valence-electron chi connectivity index (χ1n) is 10.2. The van der Waals surface area contributed by atoms with Gasteiger partial charge in [0.05, 0.1) is 24.9 Å². The highest BCUT2D eigenvalue weighted by molar-refractivity contribution is 6.32. The second-order valence-corrected chi connectivity index (χ2v) is 9.39. The fourth-order valence-corrected chi connectivity index (χ4v) is 4.05. The molecule has 0 fully saturated rings. The van der Waals surface area contributed by atoms with Crippen LogP contribution in [-0.2, 0) is 11.3 Å². The summed E-state index contributed by atoms with van der Waals surface area (Å²) in [7, 11) is 1.52. The van der Waals surface area contributed by atoms with Crippen LogP contribution in [0.15, 0.2) is 47.1 Å². The topological polar surface area (TPSA) is 89.6 Å². The van der Waals surface area contributed by atoms with E-state index in [-0.39, 0.29) is 18.4 Å². The van der Waals surface area contributed by atoms with Crippen LogP contribution in [0.25, 0.3) is 11.5 Å². The fourth-order valence-electron chi connectivity index (χ4n) is 3.80. The van der Waals surface area contributed by atoms with Crippen molar-refractivity contribution in [3.63, 3.8) is 0 Å². The van der Waals surface area contributed by atoms with E-state index in [0.717, 1.165) is 0 Å². The Morgan fingerprint density at radius 3 is 2.62 bits per heavy atom. The second kappa shape index (κ2) is 7.70. The maximum atomic E-state index is 13.7. The van der Waals surface area contributed by atoms with Crippen LogP contribution in [0.3, 0.4) is 0 Å². The average molecular weight is 457 g/mol. The molecule has 2 aromatic heterocycles. The molecule has 0 saturated heterocycles. The number of fused-ring (bicyclic) bond motifs is 1. The van der Waals surface area contributed by atoms with Crippen molar-refractivity contribution in [3.05, 3.63) is 53.4 Å². The standard InChI is InChI=1S/C23H25ClN4O4/c1-22(2,3)25-21(30)23(4)13-27-17(12-16(26-27)19-7-6-10-32-19)20(29)28(23)14-8-9-18(31-5)15(24)11-14/h6-12H,13H2,1-5H3,(H,25,30)/t23-/m0/s1. The van der Waals surface area contributed by atoms with E-state index >= 15 is 0 Å². The number of nitrogens with one attached hydrogen (secondary N) is 1. The lowest BCUT2D eigenvalue weighted by molar-refractivity contribution is -0.128. The van der Waals surface area contributed by atoms with Crippen LogP contribution in [-0.4, -0.2) is 39.8 Å². The highest BCUT2D eigenvalue weighted by Crippen LogP contribution is 2.37. The Bertz CT molecular complexity index is 1180. The van der Waals surface area contributed by atoms with Gasteiger partial charge in [-0.05, 0) is 58.0 Å². The summed E-state index contributed by atoms with van der Waals surface area (Å²) in [5, 5.41) is 7.88. The van der Waals surface area contributed by atoms with Crippen LogP contribution < -0.4 is 15.0 Å². The number of anilines is 1. The van der Waals surface area contributed by atoms with E-state index in [9.17, 15) is 9.59 Å². The summed E-state index contributed by atoms with van der Waals surface area (Å²) in [4.78, 5) is 28.7. The molecule has 0 unspecified atom stereocenters. The van der Waals surface area contributed by atoms with Crippen LogP contribution in [0.4, 0.5) is 5.69 Å². The number of aromatic nitrogens is 2. The lowest BCUT2D eigenvalue weighted by Gasteiger charge is -2.44. The number of ether oxygens (including phenoxy) is 1. The molecule has 0 aliphatic carbocycles. The highest BCUT2D eigenvalue weighted by atomic mass is 35.5. The number of benzene rings is 1. The van der Waals surface area contributed by atoms with E-state index in [0.29, 0.717) is 33.6 Å². The van der Waals surface area contributed by atoms with Gasteiger partial charge in [-0.1, -0.05) is 11.6 Å². The average Bonchev–Trinajstić information content (AvgIpc) is 3.36. The Kier molecular flexibility index (Phi) is 5.29. The van der Waals surface area contributed by atoms with Gasteiger partial charge < -0.3 is 14.5 Å². The molecule has 2 amide bonds. The lowest BCUT2D eigenvalue weighted by atomic mass is 9.92. The Morgan fingerprint density at radius 1 is 1.28 bits per heavy atom. The molecule has 3 heterocycles. The van der Waals surface area contributed by atoms with Crippen molar-refractivity contribution < 1.29 is 18.7 Å². The number of amides is 2. The van der Waals surface area contributed by atoms with Crippen molar-refractivity contribution in [2.75, 3.05) is 12.0 Å². The summed E-state index contributed by atoms with van der Waals surface area (Å²) in [5.74, 6) is 0.353. The molecule has 32 heavy (non-hydrogen) atoms. The van der Waals surface area contributed by atoms with Crippen molar-refractivity contribution in [1.29, 1.82) is 0 Å². The maximum Gasteiger partial charge on any atom is 0.277 e. The van der Waals surface area contributed by atoms with Gasteiger partial charge in [-0.15, -0.1) is 0 Å². The molecule has 1 atom stereocenters. The van der Waals surface area contributed by atoms with E-state index < -0.39 is 11.1 Å². The number of nitrogens with zero attached hydrogens (tertiary/aromatic N) is 3. The number of carbonyl (C=O) groups is 2. The number of carbonyl (C=O) groups excluding carboxylic acids is 2. The largest absolute Gasteiger partial charge is 0.495 e. The monoisotopic (exact) mass is 456 g/mol. The first kappa shape index (κ1) is 22.0. The zero-order valence-corrected chi connectivity index (χ0v) is 19.4. The maximum absolute atomic E-state index is 13.7. The molecule has 1 N–H and O–H groups in total. The summed E-state index contributed by atoms with van der Waals surface area (Å²) in [5.41, 5.74) is -0.395. The summed E-state index contributed by atoms with van der Waals surface area (Å²) >= 11 is 6.35. The quantitative estimate of drug-likeness (QED) is 0.637. The predicted octanol–water partition coefficient (Wildman–Crippen LogP) is 4.14. The van der Waals surface area contributed by atoms with E-state index in [2.05, 4.69) is 10.4 Å². The van der Waals surface area contributed by atoms with Gasteiger partial charge in [0.15, 0.2) is 5.76 Å². The van der Waals surface area contributed by atoms with Gasteiger partial charge in [-0.2, -0.15) is 5.10 Å². The number of furan rings is 1. The van der Waals surface area contributed by atoms with Crippen molar-refractivity contribution in [2.45, 2.75) is 45.3 Å². The molecule has 9 heteroatoms. The highest BCUT2D eigenvalue weighted by Gasteiger charge is 2.49. The molecule has 3 aromatic rings. The molecular weight excluding hydrogens is 432 g/mol. The van der Waals surface area contributed by atoms with Crippen LogP contribution >= 0.6 is 11.6 Å². The van der Waals surface area contributed by atoms with Gasteiger partial charge >= 0.3 is 0 Å². The van der Waals surface area contributed by atoms with E-state index in [1.165, 1.54) is 12.0 Å². The first-order chi connectivity index (χ1) is 15.0. The summed E-state index contributed by atoms with van der Waals surface area (Å²) in [6.45, 7) is 7.55. The molecule has 0 radical (unpaired) electrons. The molecule has 0 saturated carbocycles. The van der Waals surface area contributed by atoms with Crippen LogP contribution in [0.5, 0.6) is 5.75 Å². The number of halogens is 1. The molecule has 1 aromatic carbocycles. The third-order valence-electron chi connectivity index (χ3n) is 5.30. The number of hydrogen-bond acceptors (Lipinski definition) is 5. The third-order valence-corrected chi connectivity index (χ3v) is 5.59. The van der Waals surface area contributed by atoms with Crippen LogP contribution in [0, 0.1) is 0 Å². The summed E-state index contributed by atoms with van der Waals surface area (Å²) < 4.78 is 12.2. The van der Waals surface area contributed by atoms with Gasteiger partial charge in [0, 0.05) is 17.3 Å². The third kappa shape index (κ3) is 3.75. The lowest BCUT2D eigenvalue weighted by Crippen LogP contribution is -2.66. The van der Waals surface area contributed by atoms with E-state index in [1.54, 1.807) is 54.3 Å². The first-order valence-corrected chi connectivity index (χ1v) is 10.5. The minimum atomic E-state index is -1.26. The zero-order valence-electron chi connectivity index (χ0n) is 18.6. The zero-order chi connectivity index (χ0) is 23.3. The van der Waals surface area contributed by atoms with Crippen molar-refractivity contribution in [3.8, 4) is 17.2 Å². The molecule has 1 aliphatic heterocycles. The summed E-state index contributed by atoms with van der Waals surface area (Å²) in [6.07, 6.45) is 1.54. The smallest absolute Gasteiger partial charge is 0.277 e. The molecule has 4 rings (SSSR count). The van der Waals surface area contributed by atoms with Crippen molar-refractivity contribution in [2.24, 2.45) is 0 Å². The van der Waals surface area contributed by atoms with E-state index in [1.807, 2.05) is 20.8 Å². The van der Waals surface area contributed by atoms with Gasteiger partial charge in [-0.3, -0.25) is 19.2 Å². The molecule has 1 aliphatic rings. The minimum Gasteiger partial charge on any atom is -0.495 e. The molecular formula is C23H25ClN4O4. The molecule has 8 nitrogen and oxygen atoms in total.